The van der Waals surface area contributed by atoms with Gasteiger partial charge in [-0.25, -0.2) is 9.97 Å². The fraction of sp³-hybridized carbons (Fsp3) is 0.227. The lowest BCUT2D eigenvalue weighted by Crippen LogP contribution is -2.10. The molecule has 0 unspecified atom stereocenters. The van der Waals surface area contributed by atoms with Crippen molar-refractivity contribution in [3.8, 4) is 23.3 Å². The Kier molecular flexibility index (Phi) is 7.81. The van der Waals surface area contributed by atoms with Gasteiger partial charge in [0.15, 0.2) is 0 Å². The molecule has 9 nitrogen and oxygen atoms in total. The highest BCUT2D eigenvalue weighted by atomic mass is 32.2. The van der Waals surface area contributed by atoms with Gasteiger partial charge < -0.3 is 20.7 Å². The highest BCUT2D eigenvalue weighted by Gasteiger charge is 2.22. The second-order valence-corrected chi connectivity index (χ2v) is 7.67. The molecule has 0 fully saturated rings. The number of anilines is 2. The number of aliphatic hydroxyl groups excluding tert-OH is 1. The zero-order valence-electron chi connectivity index (χ0n) is 17.3. The number of hydrogen-bond donors (Lipinski definition) is 4. The molecule has 10 heteroatoms. The van der Waals surface area contributed by atoms with Crippen LogP contribution in [-0.4, -0.2) is 39.1 Å². The Hall–Kier alpha value is -3.86. The molecule has 0 atom stereocenters. The van der Waals surface area contributed by atoms with Crippen molar-refractivity contribution in [2.45, 2.75) is 24.1 Å². The van der Waals surface area contributed by atoms with Gasteiger partial charge in [-0.05, 0) is 24.1 Å². The third kappa shape index (κ3) is 5.43. The minimum Gasteiger partial charge on any atom is -0.396 e. The molecule has 0 aliphatic carbocycles. The molecule has 4 N–H and O–H groups in total. The number of aliphatic hydroxyl groups is 1. The number of aromatic nitrogens is 3. The number of benzene rings is 1. The zero-order chi connectivity index (χ0) is 22.9. The van der Waals surface area contributed by atoms with Crippen LogP contribution in [0.4, 0.5) is 11.5 Å². The number of rotatable bonds is 9. The Bertz CT molecular complexity index is 1160. The van der Waals surface area contributed by atoms with E-state index in [0.29, 0.717) is 46.4 Å². The molecule has 0 saturated carbocycles. The second kappa shape index (κ2) is 11.0. The molecule has 1 amide bonds. The summed E-state index contributed by atoms with van der Waals surface area (Å²) in [4.78, 5) is 23.1. The molecule has 162 valence electrons. The molecule has 2 aromatic heterocycles. The van der Waals surface area contributed by atoms with Crippen LogP contribution >= 0.6 is 11.8 Å². The highest BCUT2D eigenvalue weighted by Crippen LogP contribution is 2.37. The molecule has 0 aliphatic rings. The van der Waals surface area contributed by atoms with E-state index in [-0.39, 0.29) is 23.6 Å². The fourth-order valence-corrected chi connectivity index (χ4v) is 3.90. The molecular formula is C22H21N7O2S. The Morgan fingerprint density at radius 2 is 1.97 bits per heavy atom. The van der Waals surface area contributed by atoms with Crippen molar-refractivity contribution in [2.75, 3.05) is 23.8 Å². The molecule has 1 aromatic carbocycles. The van der Waals surface area contributed by atoms with E-state index >= 15 is 0 Å². The third-order valence-electron chi connectivity index (χ3n) is 4.41. The van der Waals surface area contributed by atoms with Crippen molar-refractivity contribution in [3.63, 3.8) is 0 Å². The van der Waals surface area contributed by atoms with Crippen LogP contribution in [0.15, 0.2) is 41.7 Å². The van der Waals surface area contributed by atoms with Gasteiger partial charge in [0, 0.05) is 43.7 Å². The van der Waals surface area contributed by atoms with E-state index in [1.54, 1.807) is 36.7 Å². The number of amides is 1. The molecule has 0 spiro atoms. The number of thioether (sulfide) groups is 1. The number of H-pyrrole nitrogens is 1. The van der Waals surface area contributed by atoms with E-state index in [1.165, 1.54) is 18.7 Å². The van der Waals surface area contributed by atoms with Crippen LogP contribution in [0.2, 0.25) is 0 Å². The smallest absolute Gasteiger partial charge is 0.221 e. The lowest BCUT2D eigenvalue weighted by Gasteiger charge is -2.16. The lowest BCUT2D eigenvalue weighted by atomic mass is 9.96. The largest absolute Gasteiger partial charge is 0.396 e. The van der Waals surface area contributed by atoms with E-state index in [9.17, 15) is 15.3 Å². The van der Waals surface area contributed by atoms with Crippen molar-refractivity contribution in [1.29, 1.82) is 10.5 Å². The third-order valence-corrected chi connectivity index (χ3v) is 5.40. The first kappa shape index (κ1) is 22.8. The van der Waals surface area contributed by atoms with Crippen molar-refractivity contribution >= 4 is 29.2 Å². The SMILES string of the molecule is CC(=O)Nc1ccc(-c2c(C#N)c(NCCCO)nc(SCc3ncc[nH]3)c2C#N)cc1. The van der Waals surface area contributed by atoms with Gasteiger partial charge in [-0.15, -0.1) is 0 Å². The second-order valence-electron chi connectivity index (χ2n) is 6.70. The van der Waals surface area contributed by atoms with Crippen LogP contribution in [0.3, 0.4) is 0 Å². The first-order chi connectivity index (χ1) is 15.6. The first-order valence-electron chi connectivity index (χ1n) is 9.79. The van der Waals surface area contributed by atoms with Crippen LogP contribution in [0.5, 0.6) is 0 Å². The summed E-state index contributed by atoms with van der Waals surface area (Å²) in [5, 5.41) is 35.3. The summed E-state index contributed by atoms with van der Waals surface area (Å²) in [5.74, 6) is 1.37. The minimum absolute atomic E-state index is 0.00271. The molecule has 3 rings (SSSR count). The number of imidazole rings is 1. The van der Waals surface area contributed by atoms with Crippen LogP contribution in [0.1, 0.15) is 30.3 Å². The Morgan fingerprint density at radius 1 is 1.22 bits per heavy atom. The minimum atomic E-state index is -0.191. The summed E-state index contributed by atoms with van der Waals surface area (Å²) in [6.07, 6.45) is 3.86. The normalized spacial score (nSPS) is 10.2. The number of carbonyl (C=O) groups is 1. The average Bonchev–Trinajstić information content (AvgIpc) is 3.31. The maximum Gasteiger partial charge on any atom is 0.221 e. The number of nitriles is 2. The standard InChI is InChI=1S/C22H21N7O2S/c1-14(31)28-16-5-3-15(4-6-16)20-17(11-23)21(27-7-2-10-30)29-22(18(20)12-24)32-13-19-25-8-9-26-19/h3-6,8-9,30H,2,7,10,13H2,1H3,(H,25,26)(H,27,29)(H,28,31). The molecule has 0 bridgehead atoms. The van der Waals surface area contributed by atoms with Crippen LogP contribution in [0.25, 0.3) is 11.1 Å². The van der Waals surface area contributed by atoms with Gasteiger partial charge in [0.2, 0.25) is 5.91 Å². The molecule has 2 heterocycles. The summed E-state index contributed by atoms with van der Waals surface area (Å²) >= 11 is 1.34. The molecule has 0 radical (unpaired) electrons. The van der Waals surface area contributed by atoms with Gasteiger partial charge in [0.25, 0.3) is 0 Å². The van der Waals surface area contributed by atoms with Gasteiger partial charge in [-0.3, -0.25) is 4.79 Å². The summed E-state index contributed by atoms with van der Waals surface area (Å²) in [6.45, 7) is 1.85. The molecule has 32 heavy (non-hydrogen) atoms. The van der Waals surface area contributed by atoms with Crippen molar-refractivity contribution in [1.82, 2.24) is 15.0 Å². The van der Waals surface area contributed by atoms with Crippen LogP contribution in [-0.2, 0) is 10.5 Å². The predicted octanol–water partition coefficient (Wildman–Crippen LogP) is 3.26. The number of aromatic amines is 1. The Balaban J connectivity index is 2.10. The van der Waals surface area contributed by atoms with E-state index in [0.717, 1.165) is 5.82 Å². The van der Waals surface area contributed by atoms with Gasteiger partial charge in [-0.1, -0.05) is 23.9 Å². The van der Waals surface area contributed by atoms with E-state index in [2.05, 4.69) is 37.7 Å². The highest BCUT2D eigenvalue weighted by molar-refractivity contribution is 7.98. The maximum absolute atomic E-state index is 11.3. The number of carbonyl (C=O) groups excluding carboxylic acids is 1. The fourth-order valence-electron chi connectivity index (χ4n) is 3.02. The predicted molar refractivity (Wildman–Crippen MR) is 122 cm³/mol. The average molecular weight is 448 g/mol. The summed E-state index contributed by atoms with van der Waals surface area (Å²) in [6, 6.07) is 11.3. The molecule has 0 saturated heterocycles. The van der Waals surface area contributed by atoms with Crippen LogP contribution < -0.4 is 10.6 Å². The molecular weight excluding hydrogens is 426 g/mol. The zero-order valence-corrected chi connectivity index (χ0v) is 18.2. The van der Waals surface area contributed by atoms with Gasteiger partial charge in [0.05, 0.1) is 11.3 Å². The maximum atomic E-state index is 11.3. The van der Waals surface area contributed by atoms with Gasteiger partial charge in [-0.2, -0.15) is 10.5 Å². The summed E-state index contributed by atoms with van der Waals surface area (Å²) in [5.41, 5.74) is 2.26. The summed E-state index contributed by atoms with van der Waals surface area (Å²) in [7, 11) is 0. The quantitative estimate of drug-likeness (QED) is 0.288. The number of nitrogens with one attached hydrogen (secondary N) is 3. The van der Waals surface area contributed by atoms with Crippen molar-refractivity contribution in [3.05, 3.63) is 53.6 Å². The Morgan fingerprint density at radius 3 is 2.56 bits per heavy atom. The van der Waals surface area contributed by atoms with Gasteiger partial charge in [0.1, 0.15) is 34.4 Å². The topological polar surface area (TPSA) is 151 Å². The summed E-state index contributed by atoms with van der Waals surface area (Å²) < 4.78 is 0. The molecule has 3 aromatic rings. The monoisotopic (exact) mass is 447 g/mol. The van der Waals surface area contributed by atoms with Crippen LogP contribution in [0, 0.1) is 22.7 Å². The van der Waals surface area contributed by atoms with E-state index in [1.807, 2.05) is 0 Å². The van der Waals surface area contributed by atoms with Crippen molar-refractivity contribution in [2.24, 2.45) is 0 Å². The van der Waals surface area contributed by atoms with Gasteiger partial charge >= 0.3 is 0 Å². The first-order valence-corrected chi connectivity index (χ1v) is 10.8. The number of hydrogen-bond acceptors (Lipinski definition) is 8. The van der Waals surface area contributed by atoms with E-state index < -0.39 is 0 Å². The molecule has 0 aliphatic heterocycles. The van der Waals surface area contributed by atoms with Crippen molar-refractivity contribution < 1.29 is 9.90 Å². The number of pyridine rings is 1. The Labute approximate surface area is 189 Å². The van der Waals surface area contributed by atoms with E-state index in [4.69, 9.17) is 5.11 Å². The number of nitrogens with zero attached hydrogens (tertiary/aromatic N) is 4. The lowest BCUT2D eigenvalue weighted by molar-refractivity contribution is -0.114.